The number of carboxylic acids is 1. The van der Waals surface area contributed by atoms with Gasteiger partial charge in [-0.05, 0) is 19.1 Å². The number of nitrogens with zero attached hydrogens (tertiary/aromatic N) is 2. The summed E-state index contributed by atoms with van der Waals surface area (Å²) < 4.78 is 25.3. The number of hydrogen-bond acceptors (Lipinski definition) is 4. The fraction of sp³-hybridized carbons (Fsp3) is 0.111. The first-order valence-electron chi connectivity index (χ1n) is 4.86. The van der Waals surface area contributed by atoms with E-state index in [1.807, 2.05) is 0 Å². The highest BCUT2D eigenvalue weighted by molar-refractivity contribution is 7.92. The largest absolute Gasteiger partial charge is 0.476 e. The van der Waals surface area contributed by atoms with Crippen LogP contribution in [0, 0.1) is 6.92 Å². The number of aromatic amines is 1. The Labute approximate surface area is 102 Å². The highest BCUT2D eigenvalue weighted by atomic mass is 32.2. The Morgan fingerprint density at radius 2 is 2.06 bits per heavy atom. The average Bonchev–Trinajstić information content (AvgIpc) is 2.86. The topological polar surface area (TPSA) is 117 Å². The van der Waals surface area contributed by atoms with Crippen LogP contribution in [0.25, 0.3) is 0 Å². The summed E-state index contributed by atoms with van der Waals surface area (Å²) in [7, 11) is -4.01. The Morgan fingerprint density at radius 3 is 2.61 bits per heavy atom. The molecule has 2 rings (SSSR count). The van der Waals surface area contributed by atoms with Crippen LogP contribution in [-0.2, 0) is 10.0 Å². The lowest BCUT2D eigenvalue weighted by molar-refractivity contribution is 0.0686. The number of rotatable bonds is 4. The van der Waals surface area contributed by atoms with E-state index in [9.17, 15) is 13.2 Å². The van der Waals surface area contributed by atoms with Crippen molar-refractivity contribution >= 4 is 16.0 Å². The first-order chi connectivity index (χ1) is 8.42. The van der Waals surface area contributed by atoms with Gasteiger partial charge in [-0.2, -0.15) is 13.5 Å². The third-order valence-electron chi connectivity index (χ3n) is 2.19. The molecule has 3 N–H and O–H groups in total. The fourth-order valence-corrected chi connectivity index (χ4v) is 2.80. The third kappa shape index (κ3) is 2.07. The van der Waals surface area contributed by atoms with Crippen molar-refractivity contribution in [2.75, 3.05) is 4.83 Å². The molecule has 0 aliphatic rings. The molecule has 9 heteroatoms. The summed E-state index contributed by atoms with van der Waals surface area (Å²) in [5.74, 6) is -1.41. The van der Waals surface area contributed by atoms with Crippen molar-refractivity contribution in [2.45, 2.75) is 11.8 Å². The van der Waals surface area contributed by atoms with Gasteiger partial charge in [0, 0.05) is 12.4 Å². The Kier molecular flexibility index (Phi) is 2.83. The smallest absolute Gasteiger partial charge is 0.357 e. The van der Waals surface area contributed by atoms with E-state index in [1.54, 1.807) is 12.1 Å². The third-order valence-corrected chi connectivity index (χ3v) is 3.68. The standard InChI is InChI=1S/C9H10N4O4S/c1-6-8(7(9(14)15)11-10-6)18(16,17)12-13-4-2-3-5-13/h2-5,12H,1H3,(H,10,11)(H,14,15). The molecule has 0 radical (unpaired) electrons. The predicted octanol–water partition coefficient (Wildman–Crippen LogP) is 0.150. The maximum absolute atomic E-state index is 12.1. The zero-order chi connectivity index (χ0) is 13.3. The summed E-state index contributed by atoms with van der Waals surface area (Å²) >= 11 is 0. The Morgan fingerprint density at radius 1 is 1.44 bits per heavy atom. The maximum atomic E-state index is 12.1. The second-order valence-corrected chi connectivity index (χ2v) is 5.11. The SMILES string of the molecule is Cc1[nH]nc(C(=O)O)c1S(=O)(=O)Nn1cccc1. The molecule has 18 heavy (non-hydrogen) atoms. The lowest BCUT2D eigenvalue weighted by atomic mass is 10.4. The van der Waals surface area contributed by atoms with E-state index in [-0.39, 0.29) is 10.6 Å². The number of carboxylic acid groups (broad SMARTS) is 1. The van der Waals surface area contributed by atoms with Gasteiger partial charge in [-0.3, -0.25) is 9.77 Å². The summed E-state index contributed by atoms with van der Waals surface area (Å²) in [6.07, 6.45) is 2.96. The molecule has 2 aromatic rings. The Bertz CT molecular complexity index is 671. The van der Waals surface area contributed by atoms with Crippen LogP contribution in [0.4, 0.5) is 0 Å². The van der Waals surface area contributed by atoms with E-state index in [0.717, 1.165) is 0 Å². The maximum Gasteiger partial charge on any atom is 0.357 e. The molecule has 2 aromatic heterocycles. The van der Waals surface area contributed by atoms with E-state index in [1.165, 1.54) is 24.0 Å². The molecular formula is C9H10N4O4S. The number of hydrogen-bond donors (Lipinski definition) is 3. The number of aromatic nitrogens is 3. The normalized spacial score (nSPS) is 11.4. The number of aromatic carboxylic acids is 1. The molecule has 0 saturated heterocycles. The van der Waals surface area contributed by atoms with Crippen LogP contribution in [0.5, 0.6) is 0 Å². The minimum absolute atomic E-state index is 0.159. The first-order valence-corrected chi connectivity index (χ1v) is 6.34. The van der Waals surface area contributed by atoms with Crippen LogP contribution in [0.3, 0.4) is 0 Å². The monoisotopic (exact) mass is 270 g/mol. The molecule has 0 bridgehead atoms. The van der Waals surface area contributed by atoms with Crippen LogP contribution < -0.4 is 4.83 Å². The summed E-state index contributed by atoms with van der Waals surface area (Å²) in [5, 5.41) is 14.7. The summed E-state index contributed by atoms with van der Waals surface area (Å²) in [6.45, 7) is 1.43. The molecule has 0 spiro atoms. The molecule has 0 aliphatic heterocycles. The van der Waals surface area contributed by atoms with E-state index in [4.69, 9.17) is 5.11 Å². The van der Waals surface area contributed by atoms with Crippen molar-refractivity contribution in [2.24, 2.45) is 0 Å². The molecule has 0 fully saturated rings. The molecular weight excluding hydrogens is 260 g/mol. The summed E-state index contributed by atoms with van der Waals surface area (Å²) in [6, 6.07) is 3.26. The van der Waals surface area contributed by atoms with Crippen molar-refractivity contribution in [3.05, 3.63) is 35.9 Å². The molecule has 2 heterocycles. The second-order valence-electron chi connectivity index (χ2n) is 3.52. The van der Waals surface area contributed by atoms with Gasteiger partial charge in [0.2, 0.25) is 0 Å². The number of H-pyrrole nitrogens is 1. The quantitative estimate of drug-likeness (QED) is 0.731. The molecule has 0 aromatic carbocycles. The number of nitrogens with one attached hydrogen (secondary N) is 2. The summed E-state index contributed by atoms with van der Waals surface area (Å²) in [5.41, 5.74) is -0.376. The van der Waals surface area contributed by atoms with Gasteiger partial charge >= 0.3 is 5.97 Å². The van der Waals surface area contributed by atoms with Crippen LogP contribution in [0.1, 0.15) is 16.2 Å². The zero-order valence-electron chi connectivity index (χ0n) is 9.28. The van der Waals surface area contributed by atoms with Gasteiger partial charge in [-0.25, -0.2) is 9.63 Å². The highest BCUT2D eigenvalue weighted by Gasteiger charge is 2.28. The van der Waals surface area contributed by atoms with E-state index < -0.39 is 21.7 Å². The van der Waals surface area contributed by atoms with Crippen LogP contribution >= 0.6 is 0 Å². The number of aryl methyl sites for hydroxylation is 1. The molecule has 0 aliphatic carbocycles. The molecule has 96 valence electrons. The van der Waals surface area contributed by atoms with Gasteiger partial charge in [-0.15, -0.1) is 0 Å². The van der Waals surface area contributed by atoms with Crippen molar-refractivity contribution < 1.29 is 18.3 Å². The number of carbonyl (C=O) groups is 1. The van der Waals surface area contributed by atoms with Crippen molar-refractivity contribution in [1.29, 1.82) is 0 Å². The van der Waals surface area contributed by atoms with E-state index >= 15 is 0 Å². The molecule has 0 atom stereocenters. The van der Waals surface area contributed by atoms with Gasteiger partial charge in [-0.1, -0.05) is 0 Å². The average molecular weight is 270 g/mol. The van der Waals surface area contributed by atoms with Gasteiger partial charge in [0.1, 0.15) is 4.90 Å². The van der Waals surface area contributed by atoms with Gasteiger partial charge in [0.25, 0.3) is 10.0 Å². The predicted molar refractivity (Wildman–Crippen MR) is 61.3 cm³/mol. The minimum atomic E-state index is -4.01. The van der Waals surface area contributed by atoms with Crippen molar-refractivity contribution in [3.63, 3.8) is 0 Å². The lowest BCUT2D eigenvalue weighted by Crippen LogP contribution is -2.24. The number of sulfonamides is 1. The van der Waals surface area contributed by atoms with Crippen molar-refractivity contribution in [1.82, 2.24) is 14.9 Å². The van der Waals surface area contributed by atoms with Crippen LogP contribution in [0.2, 0.25) is 0 Å². The Hall–Kier alpha value is -2.29. The van der Waals surface area contributed by atoms with E-state index in [0.29, 0.717) is 0 Å². The second kappa shape index (κ2) is 4.18. The Balaban J connectivity index is 2.47. The van der Waals surface area contributed by atoms with Gasteiger partial charge in [0.05, 0.1) is 5.69 Å². The van der Waals surface area contributed by atoms with Crippen LogP contribution in [0.15, 0.2) is 29.4 Å². The van der Waals surface area contributed by atoms with Gasteiger partial charge < -0.3 is 5.11 Å². The molecule has 0 unspecified atom stereocenters. The zero-order valence-corrected chi connectivity index (χ0v) is 10.1. The molecule has 8 nitrogen and oxygen atoms in total. The molecule has 0 amide bonds. The summed E-state index contributed by atoms with van der Waals surface area (Å²) in [4.78, 5) is 12.7. The van der Waals surface area contributed by atoms with E-state index in [2.05, 4.69) is 15.0 Å². The lowest BCUT2D eigenvalue weighted by Gasteiger charge is -2.08. The fourth-order valence-electron chi connectivity index (χ4n) is 1.47. The highest BCUT2D eigenvalue weighted by Crippen LogP contribution is 2.18. The van der Waals surface area contributed by atoms with Crippen molar-refractivity contribution in [3.8, 4) is 0 Å². The molecule has 0 saturated carbocycles. The van der Waals surface area contributed by atoms with Gasteiger partial charge in [0.15, 0.2) is 5.69 Å². The first kappa shape index (κ1) is 12.2. The van der Waals surface area contributed by atoms with Crippen LogP contribution in [-0.4, -0.2) is 34.4 Å². The minimum Gasteiger partial charge on any atom is -0.476 e.